The summed E-state index contributed by atoms with van der Waals surface area (Å²) in [6.07, 6.45) is 0. The molecule has 0 spiro atoms. The largest absolute Gasteiger partial charge is 0.378 e. The molecule has 0 atom stereocenters. The smallest absolute Gasteiger partial charge is 0.317 e. The number of ether oxygens (including phenoxy) is 1. The number of imide groups is 1. The first-order chi connectivity index (χ1) is 13.1. The number of rotatable bonds is 3. The lowest BCUT2D eigenvalue weighted by atomic mass is 10.1. The minimum atomic E-state index is -0.316. The van der Waals surface area contributed by atoms with E-state index in [2.05, 4.69) is 5.32 Å². The zero-order valence-corrected chi connectivity index (χ0v) is 14.7. The van der Waals surface area contributed by atoms with Gasteiger partial charge in [-0.2, -0.15) is 0 Å². The number of benzene rings is 2. The molecule has 2 aliphatic heterocycles. The molecule has 2 aromatic rings. The summed E-state index contributed by atoms with van der Waals surface area (Å²) in [4.78, 5) is 40.1. The predicted molar refractivity (Wildman–Crippen MR) is 98.7 cm³/mol. The molecular weight excluding hydrogens is 346 g/mol. The number of carbonyl (C=O) groups is 3. The first-order valence-electron chi connectivity index (χ1n) is 8.82. The fourth-order valence-corrected chi connectivity index (χ4v) is 3.24. The van der Waals surface area contributed by atoms with E-state index in [9.17, 15) is 14.4 Å². The number of amides is 4. The zero-order valence-electron chi connectivity index (χ0n) is 14.7. The number of nitrogens with one attached hydrogen (secondary N) is 1. The maximum Gasteiger partial charge on any atom is 0.317 e. The van der Waals surface area contributed by atoms with E-state index < -0.39 is 0 Å². The molecule has 138 valence electrons. The van der Waals surface area contributed by atoms with E-state index in [-0.39, 0.29) is 17.8 Å². The van der Waals surface area contributed by atoms with E-state index >= 15 is 0 Å². The molecule has 4 rings (SSSR count). The minimum Gasteiger partial charge on any atom is -0.378 e. The summed E-state index contributed by atoms with van der Waals surface area (Å²) in [7, 11) is 0. The second-order valence-electron chi connectivity index (χ2n) is 6.42. The highest BCUT2D eigenvalue weighted by Crippen LogP contribution is 2.28. The fraction of sp³-hybridized carbons (Fsp3) is 0.250. The molecular formula is C20H19N3O4. The van der Waals surface area contributed by atoms with Gasteiger partial charge >= 0.3 is 6.03 Å². The fourth-order valence-electron chi connectivity index (χ4n) is 3.24. The summed E-state index contributed by atoms with van der Waals surface area (Å²) in [5, 5.41) is 2.87. The minimum absolute atomic E-state index is 0.122. The van der Waals surface area contributed by atoms with Gasteiger partial charge in [-0.05, 0) is 29.8 Å². The van der Waals surface area contributed by atoms with Crippen molar-refractivity contribution < 1.29 is 19.1 Å². The first kappa shape index (κ1) is 17.2. The summed E-state index contributed by atoms with van der Waals surface area (Å²) < 4.78 is 5.23. The Balaban J connectivity index is 1.42. The Bertz CT molecular complexity index is 853. The van der Waals surface area contributed by atoms with Crippen molar-refractivity contribution in [3.63, 3.8) is 0 Å². The molecule has 0 bridgehead atoms. The Morgan fingerprint density at radius 3 is 2.11 bits per heavy atom. The van der Waals surface area contributed by atoms with Crippen molar-refractivity contribution in [3.8, 4) is 0 Å². The van der Waals surface area contributed by atoms with Gasteiger partial charge in [0.1, 0.15) is 0 Å². The van der Waals surface area contributed by atoms with Gasteiger partial charge in [-0.3, -0.25) is 9.59 Å². The summed E-state index contributed by atoms with van der Waals surface area (Å²) in [5.41, 5.74) is 2.25. The molecule has 0 aromatic heterocycles. The highest BCUT2D eigenvalue weighted by molar-refractivity contribution is 6.34. The molecule has 2 heterocycles. The molecule has 0 aliphatic carbocycles. The molecule has 7 heteroatoms. The van der Waals surface area contributed by atoms with Gasteiger partial charge in [0.2, 0.25) is 0 Å². The Labute approximate surface area is 156 Å². The van der Waals surface area contributed by atoms with E-state index in [0.29, 0.717) is 49.7 Å². The second-order valence-corrected chi connectivity index (χ2v) is 6.42. The average molecular weight is 365 g/mol. The molecule has 0 unspecified atom stereocenters. The molecule has 2 aromatic carbocycles. The van der Waals surface area contributed by atoms with Crippen LogP contribution in [-0.2, 0) is 11.3 Å². The third-order valence-electron chi connectivity index (χ3n) is 4.73. The Hall–Kier alpha value is -3.19. The number of nitrogens with zero attached hydrogens (tertiary/aromatic N) is 2. The number of morpholine rings is 1. The number of hydrogen-bond acceptors (Lipinski definition) is 4. The molecule has 1 N–H and O–H groups in total. The summed E-state index contributed by atoms with van der Waals surface area (Å²) in [5.74, 6) is -0.632. The summed E-state index contributed by atoms with van der Waals surface area (Å²) >= 11 is 0. The maximum atomic E-state index is 12.5. The lowest BCUT2D eigenvalue weighted by Crippen LogP contribution is -2.45. The van der Waals surface area contributed by atoms with Crippen molar-refractivity contribution in [2.75, 3.05) is 31.2 Å². The van der Waals surface area contributed by atoms with E-state index in [1.165, 1.54) is 4.90 Å². The lowest BCUT2D eigenvalue weighted by Gasteiger charge is -2.27. The molecule has 2 aliphatic rings. The van der Waals surface area contributed by atoms with Crippen LogP contribution in [0.4, 0.5) is 10.5 Å². The van der Waals surface area contributed by atoms with Crippen molar-refractivity contribution in [2.24, 2.45) is 0 Å². The van der Waals surface area contributed by atoms with Gasteiger partial charge < -0.3 is 15.0 Å². The van der Waals surface area contributed by atoms with Gasteiger partial charge in [0.15, 0.2) is 0 Å². The van der Waals surface area contributed by atoms with Crippen molar-refractivity contribution >= 4 is 23.5 Å². The van der Waals surface area contributed by atoms with E-state index in [0.717, 1.165) is 5.56 Å². The van der Waals surface area contributed by atoms with Crippen LogP contribution in [0, 0.1) is 0 Å². The highest BCUT2D eigenvalue weighted by atomic mass is 16.5. The van der Waals surface area contributed by atoms with Crippen LogP contribution in [0.5, 0.6) is 0 Å². The topological polar surface area (TPSA) is 79.0 Å². The van der Waals surface area contributed by atoms with Gasteiger partial charge in [0.25, 0.3) is 11.8 Å². The number of urea groups is 1. The van der Waals surface area contributed by atoms with E-state index in [1.54, 1.807) is 53.4 Å². The second kappa shape index (κ2) is 7.20. The number of anilines is 1. The Morgan fingerprint density at radius 2 is 1.52 bits per heavy atom. The van der Waals surface area contributed by atoms with Crippen LogP contribution in [-0.4, -0.2) is 49.0 Å². The van der Waals surface area contributed by atoms with Crippen molar-refractivity contribution in [3.05, 3.63) is 65.2 Å². The van der Waals surface area contributed by atoms with E-state index in [4.69, 9.17) is 4.74 Å². The van der Waals surface area contributed by atoms with Crippen LogP contribution < -0.4 is 10.2 Å². The first-order valence-corrected chi connectivity index (χ1v) is 8.82. The zero-order chi connectivity index (χ0) is 18.8. The quantitative estimate of drug-likeness (QED) is 0.844. The van der Waals surface area contributed by atoms with Gasteiger partial charge in [-0.25, -0.2) is 9.69 Å². The third kappa shape index (κ3) is 3.29. The van der Waals surface area contributed by atoms with Gasteiger partial charge in [-0.15, -0.1) is 0 Å². The maximum absolute atomic E-state index is 12.5. The van der Waals surface area contributed by atoms with Gasteiger partial charge in [0, 0.05) is 19.6 Å². The van der Waals surface area contributed by atoms with E-state index in [1.807, 2.05) is 0 Å². The molecule has 7 nitrogen and oxygen atoms in total. The molecule has 1 fully saturated rings. The van der Waals surface area contributed by atoms with Crippen LogP contribution in [0.3, 0.4) is 0 Å². The Morgan fingerprint density at radius 1 is 0.926 bits per heavy atom. The van der Waals surface area contributed by atoms with Crippen molar-refractivity contribution in [1.82, 2.24) is 10.2 Å². The monoisotopic (exact) mass is 365 g/mol. The van der Waals surface area contributed by atoms with Crippen LogP contribution >= 0.6 is 0 Å². The normalized spacial score (nSPS) is 16.4. The van der Waals surface area contributed by atoms with Gasteiger partial charge in [0.05, 0.1) is 30.0 Å². The molecule has 4 amide bonds. The molecule has 1 saturated heterocycles. The van der Waals surface area contributed by atoms with Crippen LogP contribution in [0.15, 0.2) is 48.5 Å². The lowest BCUT2D eigenvalue weighted by molar-refractivity contribution is 0.0531. The molecule has 0 saturated carbocycles. The number of hydrogen-bond donors (Lipinski definition) is 1. The number of carbonyl (C=O) groups excluding carboxylic acids is 3. The van der Waals surface area contributed by atoms with Crippen LogP contribution in [0.2, 0.25) is 0 Å². The predicted octanol–water partition coefficient (Wildman–Crippen LogP) is 2.03. The van der Waals surface area contributed by atoms with Crippen LogP contribution in [0.1, 0.15) is 26.3 Å². The standard InChI is InChI=1S/C20H19N3O4/c24-18-16-3-1-2-4-17(16)19(25)23(18)15-7-5-14(6-8-15)13-21-20(26)22-9-11-27-12-10-22/h1-8H,9-13H2,(H,21,26). The van der Waals surface area contributed by atoms with Gasteiger partial charge in [-0.1, -0.05) is 24.3 Å². The molecule has 0 radical (unpaired) electrons. The third-order valence-corrected chi connectivity index (χ3v) is 4.73. The highest BCUT2D eigenvalue weighted by Gasteiger charge is 2.36. The average Bonchev–Trinajstić information content (AvgIpc) is 2.98. The summed E-state index contributed by atoms with van der Waals surface area (Å²) in [6, 6.07) is 13.7. The Kier molecular flexibility index (Phi) is 4.60. The van der Waals surface area contributed by atoms with Crippen molar-refractivity contribution in [1.29, 1.82) is 0 Å². The number of fused-ring (bicyclic) bond motifs is 1. The van der Waals surface area contributed by atoms with Crippen molar-refractivity contribution in [2.45, 2.75) is 6.54 Å². The summed E-state index contributed by atoms with van der Waals surface area (Å²) in [6.45, 7) is 2.67. The SMILES string of the molecule is O=C(NCc1ccc(N2C(=O)c3ccccc3C2=O)cc1)N1CCOCC1. The molecule has 27 heavy (non-hydrogen) atoms. The van der Waals surface area contributed by atoms with Crippen LogP contribution in [0.25, 0.3) is 0 Å².